The van der Waals surface area contributed by atoms with Crippen LogP contribution in [0.15, 0.2) is 18.2 Å². The van der Waals surface area contributed by atoms with Crippen LogP contribution in [0.4, 0.5) is 5.69 Å². The Morgan fingerprint density at radius 3 is 2.65 bits per heavy atom. The molecular weight excluding hydrogens is 220 g/mol. The smallest absolute Gasteiger partial charge is 0.310 e. The highest BCUT2D eigenvalue weighted by atomic mass is 16.6. The molecule has 0 spiro atoms. The zero-order chi connectivity index (χ0) is 12.5. The first kappa shape index (κ1) is 11.4. The van der Waals surface area contributed by atoms with Gasteiger partial charge in [0.2, 0.25) is 0 Å². The topological polar surface area (TPSA) is 76.2 Å². The molecular formula is C12H12N2O3. The van der Waals surface area contributed by atoms with Crippen molar-refractivity contribution in [2.75, 3.05) is 7.11 Å². The van der Waals surface area contributed by atoms with Crippen molar-refractivity contribution in [1.82, 2.24) is 0 Å². The molecule has 1 aromatic rings. The Balaban J connectivity index is 2.45. The highest BCUT2D eigenvalue weighted by molar-refractivity contribution is 5.51. The van der Waals surface area contributed by atoms with Gasteiger partial charge < -0.3 is 4.74 Å². The van der Waals surface area contributed by atoms with E-state index in [4.69, 9.17) is 4.74 Å². The number of nitriles is 1. The third-order valence-electron chi connectivity index (χ3n) is 3.35. The van der Waals surface area contributed by atoms with Gasteiger partial charge in [0.1, 0.15) is 0 Å². The Kier molecular flexibility index (Phi) is 2.72. The molecule has 0 saturated heterocycles. The van der Waals surface area contributed by atoms with Crippen molar-refractivity contribution in [2.24, 2.45) is 0 Å². The lowest BCUT2D eigenvalue weighted by Gasteiger charge is -2.35. The second kappa shape index (κ2) is 4.06. The summed E-state index contributed by atoms with van der Waals surface area (Å²) in [5.74, 6) is 0.217. The fourth-order valence-electron chi connectivity index (χ4n) is 2.12. The van der Waals surface area contributed by atoms with Crippen LogP contribution >= 0.6 is 0 Å². The summed E-state index contributed by atoms with van der Waals surface area (Å²) in [6, 6.07) is 6.98. The van der Waals surface area contributed by atoms with Gasteiger partial charge in [-0.15, -0.1) is 0 Å². The first-order valence-corrected chi connectivity index (χ1v) is 5.37. The first-order valence-electron chi connectivity index (χ1n) is 5.37. The maximum Gasteiger partial charge on any atom is 0.310 e. The van der Waals surface area contributed by atoms with E-state index in [1.807, 2.05) is 0 Å². The first-order chi connectivity index (χ1) is 8.13. The second-order valence-electron chi connectivity index (χ2n) is 4.19. The van der Waals surface area contributed by atoms with E-state index in [9.17, 15) is 15.4 Å². The summed E-state index contributed by atoms with van der Waals surface area (Å²) in [4.78, 5) is 10.3. The summed E-state index contributed by atoms with van der Waals surface area (Å²) in [7, 11) is 1.39. The molecule has 1 aromatic carbocycles. The van der Waals surface area contributed by atoms with E-state index in [1.165, 1.54) is 13.2 Å². The van der Waals surface area contributed by atoms with Crippen LogP contribution < -0.4 is 4.74 Å². The van der Waals surface area contributed by atoms with Gasteiger partial charge in [-0.1, -0.05) is 6.07 Å². The van der Waals surface area contributed by atoms with Crippen LogP contribution in [0.1, 0.15) is 24.8 Å². The predicted octanol–water partition coefficient (Wildman–Crippen LogP) is 2.55. The van der Waals surface area contributed by atoms with Gasteiger partial charge >= 0.3 is 5.69 Å². The van der Waals surface area contributed by atoms with Crippen LogP contribution in [0, 0.1) is 21.4 Å². The number of hydrogen-bond donors (Lipinski definition) is 0. The number of nitrogens with zero attached hydrogens (tertiary/aromatic N) is 2. The van der Waals surface area contributed by atoms with Crippen LogP contribution in [0.2, 0.25) is 0 Å². The molecule has 0 unspecified atom stereocenters. The molecule has 1 aliphatic carbocycles. The summed E-state index contributed by atoms with van der Waals surface area (Å²) in [6.45, 7) is 0. The van der Waals surface area contributed by atoms with E-state index in [2.05, 4.69) is 6.07 Å². The van der Waals surface area contributed by atoms with Crippen molar-refractivity contribution >= 4 is 5.69 Å². The molecule has 1 fully saturated rings. The molecule has 1 aliphatic rings. The van der Waals surface area contributed by atoms with E-state index in [1.54, 1.807) is 12.1 Å². The lowest BCUT2D eigenvalue weighted by molar-refractivity contribution is -0.385. The molecule has 0 N–H and O–H groups in total. The highest BCUT2D eigenvalue weighted by Crippen LogP contribution is 2.45. The van der Waals surface area contributed by atoms with Crippen LogP contribution in [-0.2, 0) is 5.41 Å². The number of methoxy groups -OCH3 is 1. The normalized spacial score (nSPS) is 16.7. The maximum atomic E-state index is 10.8. The van der Waals surface area contributed by atoms with Gasteiger partial charge in [0.05, 0.1) is 23.5 Å². The van der Waals surface area contributed by atoms with Crippen molar-refractivity contribution in [2.45, 2.75) is 24.7 Å². The molecule has 2 rings (SSSR count). The Morgan fingerprint density at radius 1 is 1.53 bits per heavy atom. The molecule has 0 bridgehead atoms. The molecule has 0 heterocycles. The molecule has 0 aliphatic heterocycles. The number of nitro groups is 1. The molecule has 0 atom stereocenters. The molecule has 0 radical (unpaired) electrons. The fourth-order valence-corrected chi connectivity index (χ4v) is 2.12. The van der Waals surface area contributed by atoms with Crippen molar-refractivity contribution in [3.8, 4) is 11.8 Å². The van der Waals surface area contributed by atoms with Gasteiger partial charge in [0.25, 0.3) is 0 Å². The molecule has 5 nitrogen and oxygen atoms in total. The van der Waals surface area contributed by atoms with Gasteiger partial charge in [0.15, 0.2) is 5.75 Å². The summed E-state index contributed by atoms with van der Waals surface area (Å²) >= 11 is 0. The van der Waals surface area contributed by atoms with Crippen molar-refractivity contribution < 1.29 is 9.66 Å². The third-order valence-corrected chi connectivity index (χ3v) is 3.35. The van der Waals surface area contributed by atoms with Crippen LogP contribution in [-0.4, -0.2) is 12.0 Å². The Morgan fingerprint density at radius 2 is 2.24 bits per heavy atom. The SMILES string of the molecule is COc1cc(C2(C#N)CCC2)ccc1[N+](=O)[O-]. The molecule has 5 heteroatoms. The van der Waals surface area contributed by atoms with Gasteiger partial charge in [-0.05, 0) is 30.9 Å². The average molecular weight is 232 g/mol. The van der Waals surface area contributed by atoms with Crippen LogP contribution in [0.5, 0.6) is 5.75 Å². The highest BCUT2D eigenvalue weighted by Gasteiger charge is 2.39. The van der Waals surface area contributed by atoms with Gasteiger partial charge in [-0.3, -0.25) is 10.1 Å². The number of nitro benzene ring substituents is 1. The maximum absolute atomic E-state index is 10.8. The average Bonchev–Trinajstić information content (AvgIpc) is 2.28. The predicted molar refractivity (Wildman–Crippen MR) is 60.8 cm³/mol. The molecule has 1 saturated carbocycles. The van der Waals surface area contributed by atoms with E-state index < -0.39 is 10.3 Å². The van der Waals surface area contributed by atoms with Gasteiger partial charge in [-0.25, -0.2) is 0 Å². The van der Waals surface area contributed by atoms with Gasteiger partial charge in [0, 0.05) is 6.07 Å². The molecule has 0 amide bonds. The minimum absolute atomic E-state index is 0.0661. The summed E-state index contributed by atoms with van der Waals surface area (Å²) < 4.78 is 5.00. The molecule has 0 aromatic heterocycles. The van der Waals surface area contributed by atoms with Crippen LogP contribution in [0.3, 0.4) is 0 Å². The Labute approximate surface area is 98.8 Å². The number of hydrogen-bond acceptors (Lipinski definition) is 4. The van der Waals surface area contributed by atoms with Crippen molar-refractivity contribution in [3.63, 3.8) is 0 Å². The monoisotopic (exact) mass is 232 g/mol. The lowest BCUT2D eigenvalue weighted by atomic mass is 9.65. The van der Waals surface area contributed by atoms with E-state index >= 15 is 0 Å². The van der Waals surface area contributed by atoms with E-state index in [0.29, 0.717) is 0 Å². The minimum Gasteiger partial charge on any atom is -0.490 e. The summed E-state index contributed by atoms with van der Waals surface area (Å²) in [5, 5.41) is 20.0. The minimum atomic E-state index is -0.484. The van der Waals surface area contributed by atoms with Crippen molar-refractivity contribution in [1.29, 1.82) is 5.26 Å². The standard InChI is InChI=1S/C12H12N2O3/c1-17-11-7-9(3-4-10(11)14(15)16)12(8-13)5-2-6-12/h3-4,7H,2,5-6H2,1H3. The third kappa shape index (κ3) is 1.72. The van der Waals surface area contributed by atoms with Gasteiger partial charge in [-0.2, -0.15) is 5.26 Å². The largest absolute Gasteiger partial charge is 0.490 e. The zero-order valence-electron chi connectivity index (χ0n) is 9.47. The molecule has 88 valence electrons. The van der Waals surface area contributed by atoms with Crippen molar-refractivity contribution in [3.05, 3.63) is 33.9 Å². The zero-order valence-corrected chi connectivity index (χ0v) is 9.47. The number of ether oxygens (including phenoxy) is 1. The fraction of sp³-hybridized carbons (Fsp3) is 0.417. The quantitative estimate of drug-likeness (QED) is 0.592. The van der Waals surface area contributed by atoms with Crippen LogP contribution in [0.25, 0.3) is 0 Å². The molecule has 17 heavy (non-hydrogen) atoms. The van der Waals surface area contributed by atoms with E-state index in [-0.39, 0.29) is 11.4 Å². The van der Waals surface area contributed by atoms with E-state index in [0.717, 1.165) is 24.8 Å². The second-order valence-corrected chi connectivity index (χ2v) is 4.19. The lowest BCUT2D eigenvalue weighted by Crippen LogP contribution is -2.32. The Bertz CT molecular complexity index is 501. The number of benzene rings is 1. The number of rotatable bonds is 3. The Hall–Kier alpha value is -2.09. The summed E-state index contributed by atoms with van der Waals surface area (Å²) in [6.07, 6.45) is 2.64. The summed E-state index contributed by atoms with van der Waals surface area (Å²) in [5.41, 5.74) is 0.278.